The molecule has 1 saturated heterocycles. The first-order valence-electron chi connectivity index (χ1n) is 11.8. The summed E-state index contributed by atoms with van der Waals surface area (Å²) in [7, 11) is 4.09. The second-order valence-corrected chi connectivity index (χ2v) is 9.36. The number of ether oxygens (including phenoxy) is 4. The monoisotopic (exact) mass is 515 g/mol. The van der Waals surface area contributed by atoms with Gasteiger partial charge in [0, 0.05) is 31.4 Å². The van der Waals surface area contributed by atoms with Gasteiger partial charge in [-0.15, -0.1) is 0 Å². The number of hydrogen-bond acceptors (Lipinski definition) is 10. The Bertz CT molecular complexity index is 1150. The lowest BCUT2D eigenvalue weighted by Crippen LogP contribution is -2.47. The molecule has 12 nitrogen and oxygen atoms in total. The van der Waals surface area contributed by atoms with Crippen LogP contribution in [-0.2, 0) is 9.47 Å². The number of carbonyl (C=O) groups is 3. The van der Waals surface area contributed by atoms with E-state index in [1.807, 2.05) is 20.8 Å². The number of likely N-dealkylation sites (tertiary alicyclic amines) is 1. The molecule has 1 aliphatic heterocycles. The van der Waals surface area contributed by atoms with E-state index < -0.39 is 23.6 Å². The summed E-state index contributed by atoms with van der Waals surface area (Å²) < 4.78 is 20.8. The van der Waals surface area contributed by atoms with Crippen LogP contribution in [-0.4, -0.2) is 78.9 Å². The summed E-state index contributed by atoms with van der Waals surface area (Å²) in [6.07, 6.45) is 3.94. The van der Waals surface area contributed by atoms with Crippen molar-refractivity contribution < 1.29 is 33.3 Å². The molecule has 0 saturated carbocycles. The fourth-order valence-electron chi connectivity index (χ4n) is 3.83. The molecule has 0 bridgehead atoms. The van der Waals surface area contributed by atoms with Crippen LogP contribution in [0.4, 0.5) is 16.3 Å². The smallest absolute Gasteiger partial charge is 0.410 e. The molecule has 37 heavy (non-hydrogen) atoms. The number of pyridine rings is 2. The number of hydrogen-bond donors (Lipinski definition) is 2. The largest absolute Gasteiger partial charge is 0.496 e. The molecule has 2 aromatic heterocycles. The first-order chi connectivity index (χ1) is 17.6. The van der Waals surface area contributed by atoms with Gasteiger partial charge in [-0.05, 0) is 39.7 Å². The second-order valence-electron chi connectivity index (χ2n) is 9.36. The summed E-state index contributed by atoms with van der Waals surface area (Å²) in [5.41, 5.74) is -0.272. The third-order valence-corrected chi connectivity index (χ3v) is 5.52. The molecule has 2 amide bonds. The molecule has 0 aromatic carbocycles. The molecular formula is C25H33N5O7. The zero-order chi connectivity index (χ0) is 27.2. The average molecular weight is 516 g/mol. The molecule has 2 N–H and O–H groups in total. The van der Waals surface area contributed by atoms with Crippen LogP contribution in [0.1, 0.15) is 54.3 Å². The number of piperidine rings is 1. The number of esters is 1. The van der Waals surface area contributed by atoms with Crippen LogP contribution in [0.25, 0.3) is 0 Å². The summed E-state index contributed by atoms with van der Waals surface area (Å²) in [4.78, 5) is 48.4. The highest BCUT2D eigenvalue weighted by Crippen LogP contribution is 2.29. The molecule has 200 valence electrons. The average Bonchev–Trinajstić information content (AvgIpc) is 2.87. The Labute approximate surface area is 215 Å². The molecule has 0 radical (unpaired) electrons. The molecule has 1 atom stereocenters. The highest BCUT2D eigenvalue weighted by atomic mass is 16.6. The van der Waals surface area contributed by atoms with E-state index in [0.29, 0.717) is 13.1 Å². The predicted octanol–water partition coefficient (Wildman–Crippen LogP) is 3.34. The Kier molecular flexibility index (Phi) is 8.74. The van der Waals surface area contributed by atoms with Crippen molar-refractivity contribution in [1.82, 2.24) is 14.9 Å². The van der Waals surface area contributed by atoms with Crippen LogP contribution in [0.3, 0.4) is 0 Å². The Hall–Kier alpha value is -4.09. The second kappa shape index (κ2) is 11.8. The minimum atomic E-state index is -0.669. The number of rotatable bonds is 7. The van der Waals surface area contributed by atoms with Crippen molar-refractivity contribution in [2.75, 3.05) is 45.1 Å². The van der Waals surface area contributed by atoms with Gasteiger partial charge in [-0.25, -0.2) is 19.6 Å². The van der Waals surface area contributed by atoms with E-state index in [2.05, 4.69) is 20.6 Å². The molecule has 1 fully saturated rings. The zero-order valence-corrected chi connectivity index (χ0v) is 21.9. The van der Waals surface area contributed by atoms with Crippen molar-refractivity contribution in [3.05, 3.63) is 35.7 Å². The van der Waals surface area contributed by atoms with Gasteiger partial charge < -0.3 is 34.5 Å². The number of nitrogens with one attached hydrogen (secondary N) is 2. The lowest BCUT2D eigenvalue weighted by atomic mass is 10.1. The third-order valence-electron chi connectivity index (χ3n) is 5.52. The first kappa shape index (κ1) is 27.5. The topological polar surface area (TPSA) is 141 Å². The highest BCUT2D eigenvalue weighted by molar-refractivity contribution is 6.11. The predicted molar refractivity (Wildman–Crippen MR) is 135 cm³/mol. The van der Waals surface area contributed by atoms with Crippen LogP contribution < -0.4 is 20.1 Å². The first-order valence-corrected chi connectivity index (χ1v) is 11.8. The molecule has 2 aromatic rings. The number of amides is 2. The Morgan fingerprint density at radius 2 is 1.86 bits per heavy atom. The maximum atomic E-state index is 13.4. The van der Waals surface area contributed by atoms with Crippen LogP contribution in [0.5, 0.6) is 11.6 Å². The quantitative estimate of drug-likeness (QED) is 0.527. The molecule has 1 aliphatic rings. The molecular weight excluding hydrogens is 482 g/mol. The Morgan fingerprint density at radius 1 is 1.11 bits per heavy atom. The molecule has 3 rings (SSSR count). The normalized spacial score (nSPS) is 15.4. The maximum Gasteiger partial charge on any atom is 0.410 e. The van der Waals surface area contributed by atoms with E-state index in [1.54, 1.807) is 11.0 Å². The number of aromatic nitrogens is 2. The van der Waals surface area contributed by atoms with Crippen molar-refractivity contribution in [2.24, 2.45) is 0 Å². The Morgan fingerprint density at radius 3 is 2.51 bits per heavy atom. The van der Waals surface area contributed by atoms with E-state index in [1.165, 1.54) is 39.8 Å². The van der Waals surface area contributed by atoms with Gasteiger partial charge in [-0.2, -0.15) is 0 Å². The van der Waals surface area contributed by atoms with Crippen molar-refractivity contribution in [3.8, 4) is 11.6 Å². The number of carbonyl (C=O) groups excluding carboxylic acids is 3. The van der Waals surface area contributed by atoms with Crippen LogP contribution in [0, 0.1) is 0 Å². The number of methoxy groups -OCH3 is 3. The van der Waals surface area contributed by atoms with Crippen LogP contribution in [0.2, 0.25) is 0 Å². The number of anilines is 2. The zero-order valence-electron chi connectivity index (χ0n) is 21.9. The van der Waals surface area contributed by atoms with E-state index in [4.69, 9.17) is 18.9 Å². The minimum absolute atomic E-state index is 0.0698. The van der Waals surface area contributed by atoms with E-state index in [-0.39, 0.29) is 40.3 Å². The molecule has 0 unspecified atom stereocenters. The number of nitrogens with zero attached hydrogens (tertiary/aromatic N) is 3. The van der Waals surface area contributed by atoms with Crippen molar-refractivity contribution in [1.29, 1.82) is 0 Å². The fraction of sp³-hybridized carbons (Fsp3) is 0.480. The Balaban J connectivity index is 1.85. The lowest BCUT2D eigenvalue weighted by molar-refractivity contribution is 0.0206. The van der Waals surface area contributed by atoms with Crippen LogP contribution >= 0.6 is 0 Å². The van der Waals surface area contributed by atoms with E-state index in [0.717, 1.165) is 12.8 Å². The van der Waals surface area contributed by atoms with Gasteiger partial charge >= 0.3 is 12.1 Å². The molecule has 0 aliphatic carbocycles. The molecule has 0 spiro atoms. The van der Waals surface area contributed by atoms with Gasteiger partial charge in [0.05, 0.1) is 38.8 Å². The summed E-state index contributed by atoms with van der Waals surface area (Å²) in [5, 5.41) is 5.97. The van der Waals surface area contributed by atoms with E-state index >= 15 is 0 Å². The molecule has 12 heteroatoms. The summed E-state index contributed by atoms with van der Waals surface area (Å²) >= 11 is 0. The summed E-state index contributed by atoms with van der Waals surface area (Å²) in [6, 6.07) is 2.75. The van der Waals surface area contributed by atoms with Crippen molar-refractivity contribution >= 4 is 29.5 Å². The van der Waals surface area contributed by atoms with Gasteiger partial charge in [0.15, 0.2) is 0 Å². The van der Waals surface area contributed by atoms with Gasteiger partial charge in [0.1, 0.15) is 22.7 Å². The van der Waals surface area contributed by atoms with Gasteiger partial charge in [0.2, 0.25) is 5.88 Å². The SMILES string of the molecule is COC(=O)c1cc(OC)ncc1NC(=O)c1c(OC)ccnc1N[C@@H]1CCCN(C(=O)OC(C)(C)C)C1. The summed E-state index contributed by atoms with van der Waals surface area (Å²) in [6.45, 7) is 6.41. The van der Waals surface area contributed by atoms with Crippen LogP contribution in [0.15, 0.2) is 24.5 Å². The summed E-state index contributed by atoms with van der Waals surface area (Å²) in [5.74, 6) is -0.516. The van der Waals surface area contributed by atoms with Gasteiger partial charge in [-0.1, -0.05) is 0 Å². The maximum absolute atomic E-state index is 13.4. The highest BCUT2D eigenvalue weighted by Gasteiger charge is 2.29. The van der Waals surface area contributed by atoms with Gasteiger partial charge in [0.25, 0.3) is 5.91 Å². The van der Waals surface area contributed by atoms with Crippen molar-refractivity contribution in [2.45, 2.75) is 45.3 Å². The van der Waals surface area contributed by atoms with E-state index in [9.17, 15) is 14.4 Å². The standard InChI is InChI=1S/C25H33N5O7/c1-25(2,3)37-24(33)30-11-7-8-15(14-30)28-21-20(18(34-4)9-10-26-21)22(31)29-17-13-27-19(35-5)12-16(17)23(32)36-6/h9-10,12-13,15H,7-8,11,14H2,1-6H3,(H,26,28)(H,29,31)/t15-/m1/s1. The molecule has 3 heterocycles. The lowest BCUT2D eigenvalue weighted by Gasteiger charge is -2.34. The van der Waals surface area contributed by atoms with Crippen molar-refractivity contribution in [3.63, 3.8) is 0 Å². The third kappa shape index (κ3) is 6.99. The minimum Gasteiger partial charge on any atom is -0.496 e. The fourth-order valence-corrected chi connectivity index (χ4v) is 3.83. The van der Waals surface area contributed by atoms with Gasteiger partial charge in [-0.3, -0.25) is 4.79 Å².